The van der Waals surface area contributed by atoms with Crippen LogP contribution < -0.4 is 4.74 Å². The summed E-state index contributed by atoms with van der Waals surface area (Å²) in [6.45, 7) is 0. The molecule has 0 aliphatic carbocycles. The van der Waals surface area contributed by atoms with Crippen molar-refractivity contribution in [3.63, 3.8) is 0 Å². The van der Waals surface area contributed by atoms with Gasteiger partial charge in [0.05, 0.1) is 10.4 Å². The third-order valence-electron chi connectivity index (χ3n) is 7.69. The summed E-state index contributed by atoms with van der Waals surface area (Å²) in [5.74, 6) is 1.52. The number of hydrogen-bond donors (Lipinski definition) is 0. The fraction of sp³-hybridized carbons (Fsp3) is 0. The van der Waals surface area contributed by atoms with E-state index in [0.29, 0.717) is 0 Å². The molecule has 0 radical (unpaired) electrons. The molecular formula is C39H25N5OS. The highest BCUT2D eigenvalue weighted by Gasteiger charge is 2.10. The Hall–Kier alpha value is -6.05. The maximum absolute atomic E-state index is 6.29. The van der Waals surface area contributed by atoms with Gasteiger partial charge in [0.1, 0.15) is 29.2 Å². The van der Waals surface area contributed by atoms with Crippen LogP contribution in [0.3, 0.4) is 0 Å². The molecule has 0 fully saturated rings. The quantitative estimate of drug-likeness (QED) is 0.179. The van der Waals surface area contributed by atoms with Gasteiger partial charge < -0.3 is 4.74 Å². The van der Waals surface area contributed by atoms with Crippen molar-refractivity contribution in [3.05, 3.63) is 152 Å². The molecular weight excluding hydrogens is 587 g/mol. The molecule has 0 aliphatic heterocycles. The van der Waals surface area contributed by atoms with Crippen molar-refractivity contribution < 1.29 is 4.74 Å². The molecule has 8 aromatic rings. The SMILES string of the molecule is c1cc(Oc2cccc(-c3ccncn3)c2)cc(-c2cccc(-c3cccc(-c4cccc(-c5nc6ncncc6s5)c4)c3)c2)c1. The van der Waals surface area contributed by atoms with E-state index in [4.69, 9.17) is 9.72 Å². The number of rotatable bonds is 7. The Morgan fingerprint density at radius 2 is 1.00 bits per heavy atom. The van der Waals surface area contributed by atoms with Gasteiger partial charge >= 0.3 is 0 Å². The van der Waals surface area contributed by atoms with E-state index in [0.717, 1.165) is 77.1 Å². The van der Waals surface area contributed by atoms with Crippen LogP contribution in [0.5, 0.6) is 11.5 Å². The molecule has 0 bridgehead atoms. The highest BCUT2D eigenvalue weighted by atomic mass is 32.1. The summed E-state index contributed by atoms with van der Waals surface area (Å²) in [5, 5.41) is 0.936. The zero-order valence-electron chi connectivity index (χ0n) is 24.5. The van der Waals surface area contributed by atoms with Crippen LogP contribution in [-0.4, -0.2) is 24.9 Å². The molecule has 0 unspecified atom stereocenters. The van der Waals surface area contributed by atoms with Crippen LogP contribution in [0.4, 0.5) is 0 Å². The molecule has 8 rings (SSSR count). The van der Waals surface area contributed by atoms with Crippen molar-refractivity contribution in [2.45, 2.75) is 0 Å². The van der Waals surface area contributed by atoms with Crippen LogP contribution >= 0.6 is 11.3 Å². The average Bonchev–Trinajstić information content (AvgIpc) is 3.57. The van der Waals surface area contributed by atoms with Crippen LogP contribution in [0.15, 0.2) is 152 Å². The van der Waals surface area contributed by atoms with Gasteiger partial charge in [0.2, 0.25) is 0 Å². The van der Waals surface area contributed by atoms with E-state index < -0.39 is 0 Å². The Morgan fingerprint density at radius 1 is 0.478 bits per heavy atom. The van der Waals surface area contributed by atoms with Crippen molar-refractivity contribution in [2.24, 2.45) is 0 Å². The first-order valence-electron chi connectivity index (χ1n) is 14.8. The number of nitrogens with zero attached hydrogens (tertiary/aromatic N) is 5. The van der Waals surface area contributed by atoms with Crippen LogP contribution in [0, 0.1) is 0 Å². The minimum atomic E-state index is 0.729. The molecule has 0 amide bonds. The summed E-state index contributed by atoms with van der Waals surface area (Å²) < 4.78 is 7.27. The third-order valence-corrected chi connectivity index (χ3v) is 8.72. The number of thiazole rings is 1. The molecule has 0 saturated carbocycles. The fourth-order valence-corrected chi connectivity index (χ4v) is 6.35. The second-order valence-electron chi connectivity index (χ2n) is 10.7. The summed E-state index contributed by atoms with van der Waals surface area (Å²) in [4.78, 5) is 21.5. The summed E-state index contributed by atoms with van der Waals surface area (Å²) >= 11 is 1.60. The van der Waals surface area contributed by atoms with Gasteiger partial charge in [-0.15, -0.1) is 11.3 Å². The van der Waals surface area contributed by atoms with E-state index in [1.54, 1.807) is 23.9 Å². The zero-order valence-corrected chi connectivity index (χ0v) is 25.3. The largest absolute Gasteiger partial charge is 0.457 e. The predicted molar refractivity (Wildman–Crippen MR) is 184 cm³/mol. The molecule has 5 aromatic carbocycles. The molecule has 7 heteroatoms. The number of benzene rings is 5. The lowest BCUT2D eigenvalue weighted by Gasteiger charge is -2.11. The molecule has 3 heterocycles. The van der Waals surface area contributed by atoms with Gasteiger partial charge in [0, 0.05) is 23.5 Å². The smallest absolute Gasteiger partial charge is 0.174 e. The third kappa shape index (κ3) is 5.75. The van der Waals surface area contributed by atoms with E-state index in [2.05, 4.69) is 105 Å². The molecule has 0 saturated heterocycles. The predicted octanol–water partition coefficient (Wildman–Crippen LogP) is 10.0. The molecule has 3 aromatic heterocycles. The van der Waals surface area contributed by atoms with Gasteiger partial charge in [-0.3, -0.25) is 0 Å². The Balaban J connectivity index is 1.05. The maximum Gasteiger partial charge on any atom is 0.174 e. The second kappa shape index (κ2) is 12.1. The molecule has 46 heavy (non-hydrogen) atoms. The van der Waals surface area contributed by atoms with Gasteiger partial charge in [0.15, 0.2) is 5.65 Å². The number of aromatic nitrogens is 5. The minimum absolute atomic E-state index is 0.729. The van der Waals surface area contributed by atoms with E-state index in [9.17, 15) is 0 Å². The second-order valence-corrected chi connectivity index (χ2v) is 11.8. The summed E-state index contributed by atoms with van der Waals surface area (Å²) in [5.41, 5.74) is 10.4. The first-order chi connectivity index (χ1) is 22.7. The lowest BCUT2D eigenvalue weighted by molar-refractivity contribution is 0.483. The highest BCUT2D eigenvalue weighted by Crippen LogP contribution is 2.35. The molecule has 6 nitrogen and oxygen atoms in total. The normalized spacial score (nSPS) is 11.0. The standard InChI is InChI=1S/C39H25N5OS/c1-6-26(18-28(8-1)30-10-3-13-33(20-30)39-44-38-37(46-39)23-41-25-43-38)27-7-2-9-29(19-27)31-11-4-14-34(21-31)45-35-15-5-12-32(22-35)36-16-17-40-24-42-36/h1-25H. The number of fused-ring (bicyclic) bond motifs is 1. The molecule has 0 N–H and O–H groups in total. The molecule has 0 aliphatic rings. The van der Waals surface area contributed by atoms with Crippen molar-refractivity contribution in [3.8, 4) is 66.7 Å². The lowest BCUT2D eigenvalue weighted by Crippen LogP contribution is -1.88. The molecule has 218 valence electrons. The maximum atomic E-state index is 6.29. The van der Waals surface area contributed by atoms with Gasteiger partial charge in [-0.1, -0.05) is 78.9 Å². The van der Waals surface area contributed by atoms with Crippen LogP contribution in [-0.2, 0) is 0 Å². The molecule has 0 atom stereocenters. The number of hydrogen-bond acceptors (Lipinski definition) is 7. The Labute approximate surface area is 269 Å². The summed E-state index contributed by atoms with van der Waals surface area (Å²) in [6, 6.07) is 43.8. The Kier molecular flexibility index (Phi) is 7.26. The summed E-state index contributed by atoms with van der Waals surface area (Å²) in [6.07, 6.45) is 6.64. The first kappa shape index (κ1) is 27.5. The van der Waals surface area contributed by atoms with Crippen molar-refractivity contribution >= 4 is 21.7 Å². The van der Waals surface area contributed by atoms with Crippen LogP contribution in [0.2, 0.25) is 0 Å². The van der Waals surface area contributed by atoms with Gasteiger partial charge in [-0.05, 0) is 81.9 Å². The van der Waals surface area contributed by atoms with E-state index >= 15 is 0 Å². The van der Waals surface area contributed by atoms with Crippen LogP contribution in [0.25, 0.3) is 65.6 Å². The Bertz CT molecular complexity index is 2290. The zero-order chi connectivity index (χ0) is 30.7. The van der Waals surface area contributed by atoms with Gasteiger partial charge in [-0.25, -0.2) is 24.9 Å². The van der Waals surface area contributed by atoms with Gasteiger partial charge in [0.25, 0.3) is 0 Å². The first-order valence-corrected chi connectivity index (χ1v) is 15.6. The topological polar surface area (TPSA) is 73.7 Å². The fourth-order valence-electron chi connectivity index (χ4n) is 5.46. The average molecular weight is 612 g/mol. The van der Waals surface area contributed by atoms with Crippen molar-refractivity contribution in [1.29, 1.82) is 0 Å². The number of ether oxygens (including phenoxy) is 1. The van der Waals surface area contributed by atoms with E-state index in [-0.39, 0.29) is 0 Å². The van der Waals surface area contributed by atoms with Crippen molar-refractivity contribution in [1.82, 2.24) is 24.9 Å². The highest BCUT2D eigenvalue weighted by molar-refractivity contribution is 7.21. The lowest BCUT2D eigenvalue weighted by atomic mass is 9.96. The molecule has 0 spiro atoms. The van der Waals surface area contributed by atoms with Crippen LogP contribution in [0.1, 0.15) is 0 Å². The monoisotopic (exact) mass is 611 g/mol. The van der Waals surface area contributed by atoms with E-state index in [1.165, 1.54) is 6.33 Å². The minimum Gasteiger partial charge on any atom is -0.457 e. The van der Waals surface area contributed by atoms with E-state index in [1.807, 2.05) is 48.7 Å². The van der Waals surface area contributed by atoms with Gasteiger partial charge in [-0.2, -0.15) is 0 Å². The Morgan fingerprint density at radius 3 is 1.61 bits per heavy atom. The van der Waals surface area contributed by atoms with Crippen molar-refractivity contribution in [2.75, 3.05) is 0 Å². The summed E-state index contributed by atoms with van der Waals surface area (Å²) in [7, 11) is 0.